The van der Waals surface area contributed by atoms with Crippen molar-refractivity contribution in [1.29, 1.82) is 0 Å². The minimum atomic E-state index is -0.857. The molecule has 1 saturated heterocycles. The minimum Gasteiger partial charge on any atom is -0.343 e. The molecule has 19 heavy (non-hydrogen) atoms. The summed E-state index contributed by atoms with van der Waals surface area (Å²) in [4.78, 5) is 25.1. The molecule has 0 aromatic heterocycles. The van der Waals surface area contributed by atoms with Crippen molar-refractivity contribution in [3.05, 3.63) is 29.8 Å². The van der Waals surface area contributed by atoms with E-state index in [4.69, 9.17) is 0 Å². The number of hydrogen-bond acceptors (Lipinski definition) is 2. The molecule has 1 aromatic carbocycles. The number of nitrogens with zero attached hydrogens (tertiary/aromatic N) is 1. The first-order chi connectivity index (χ1) is 8.95. The van der Waals surface area contributed by atoms with Crippen LogP contribution in [0.15, 0.2) is 18.2 Å². The number of halogens is 2. The molecule has 2 atom stereocenters. The number of amides is 2. The van der Waals surface area contributed by atoms with Crippen LogP contribution in [-0.4, -0.2) is 23.9 Å². The molecule has 6 heteroatoms. The van der Waals surface area contributed by atoms with Crippen LogP contribution in [0.3, 0.4) is 0 Å². The average Bonchev–Trinajstić information content (AvgIpc) is 2.36. The molecule has 2 rings (SSSR count). The molecule has 0 bridgehead atoms. The largest absolute Gasteiger partial charge is 0.343 e. The standard InChI is InChI=1S/C13H14F2N2O2/c1-3-10-13(19)17(7(2)12(18)16-10)11-5-4-8(14)6-9(11)15/h4-7,10H,3H2,1-2H3,(H,16,18). The lowest BCUT2D eigenvalue weighted by Crippen LogP contribution is -2.62. The monoisotopic (exact) mass is 268 g/mol. The minimum absolute atomic E-state index is 0.0767. The maximum absolute atomic E-state index is 13.8. The zero-order chi connectivity index (χ0) is 14.2. The number of carbonyl (C=O) groups excluding carboxylic acids is 2. The molecular formula is C13H14F2N2O2. The number of anilines is 1. The molecule has 1 heterocycles. The van der Waals surface area contributed by atoms with Crippen LogP contribution in [0.5, 0.6) is 0 Å². The van der Waals surface area contributed by atoms with Gasteiger partial charge in [0.15, 0.2) is 0 Å². The maximum Gasteiger partial charge on any atom is 0.250 e. The number of benzene rings is 1. The Morgan fingerprint density at radius 1 is 1.32 bits per heavy atom. The highest BCUT2D eigenvalue weighted by Gasteiger charge is 2.39. The summed E-state index contributed by atoms with van der Waals surface area (Å²) in [6.07, 6.45) is 0.413. The molecule has 1 aromatic rings. The van der Waals surface area contributed by atoms with Crippen molar-refractivity contribution >= 4 is 17.5 Å². The van der Waals surface area contributed by atoms with E-state index in [1.54, 1.807) is 6.92 Å². The second-order valence-electron chi connectivity index (χ2n) is 4.45. The lowest BCUT2D eigenvalue weighted by atomic mass is 10.0. The van der Waals surface area contributed by atoms with Crippen LogP contribution >= 0.6 is 0 Å². The second kappa shape index (κ2) is 4.95. The quantitative estimate of drug-likeness (QED) is 0.885. The van der Waals surface area contributed by atoms with Gasteiger partial charge in [-0.05, 0) is 25.5 Å². The molecule has 1 aliphatic heterocycles. The fourth-order valence-electron chi connectivity index (χ4n) is 2.11. The number of nitrogens with one attached hydrogen (secondary N) is 1. The zero-order valence-electron chi connectivity index (χ0n) is 10.6. The summed E-state index contributed by atoms with van der Waals surface area (Å²) >= 11 is 0. The summed E-state index contributed by atoms with van der Waals surface area (Å²) in [6.45, 7) is 3.25. The predicted octanol–water partition coefficient (Wildman–Crippen LogP) is 1.59. The van der Waals surface area contributed by atoms with Crippen LogP contribution in [0.4, 0.5) is 14.5 Å². The van der Waals surface area contributed by atoms with Crippen LogP contribution in [0.2, 0.25) is 0 Å². The Bertz CT molecular complexity index is 533. The van der Waals surface area contributed by atoms with Crippen molar-refractivity contribution in [3.63, 3.8) is 0 Å². The van der Waals surface area contributed by atoms with Crippen LogP contribution in [0, 0.1) is 11.6 Å². The van der Waals surface area contributed by atoms with Gasteiger partial charge in [-0.2, -0.15) is 0 Å². The van der Waals surface area contributed by atoms with E-state index in [2.05, 4.69) is 5.32 Å². The first kappa shape index (κ1) is 13.5. The van der Waals surface area contributed by atoms with E-state index in [9.17, 15) is 18.4 Å². The first-order valence-electron chi connectivity index (χ1n) is 6.04. The van der Waals surface area contributed by atoms with Gasteiger partial charge in [0, 0.05) is 6.07 Å². The van der Waals surface area contributed by atoms with Gasteiger partial charge < -0.3 is 5.32 Å². The van der Waals surface area contributed by atoms with Gasteiger partial charge in [0.2, 0.25) is 11.8 Å². The molecule has 1 aliphatic rings. The lowest BCUT2D eigenvalue weighted by Gasteiger charge is -2.37. The van der Waals surface area contributed by atoms with Crippen molar-refractivity contribution in [2.45, 2.75) is 32.4 Å². The third-order valence-electron chi connectivity index (χ3n) is 3.20. The molecule has 1 fully saturated rings. The smallest absolute Gasteiger partial charge is 0.250 e. The molecule has 0 aliphatic carbocycles. The zero-order valence-corrected chi connectivity index (χ0v) is 10.6. The Morgan fingerprint density at radius 2 is 2.00 bits per heavy atom. The van der Waals surface area contributed by atoms with Crippen molar-refractivity contribution in [2.75, 3.05) is 4.90 Å². The highest BCUT2D eigenvalue weighted by atomic mass is 19.1. The molecule has 102 valence electrons. The van der Waals surface area contributed by atoms with Gasteiger partial charge in [0.1, 0.15) is 23.7 Å². The van der Waals surface area contributed by atoms with E-state index in [1.807, 2.05) is 0 Å². The molecular weight excluding hydrogens is 254 g/mol. The van der Waals surface area contributed by atoms with Crippen LogP contribution in [0.1, 0.15) is 20.3 Å². The fourth-order valence-corrected chi connectivity index (χ4v) is 2.11. The topological polar surface area (TPSA) is 49.4 Å². The Morgan fingerprint density at radius 3 is 2.58 bits per heavy atom. The molecule has 0 radical (unpaired) electrons. The number of hydrogen-bond donors (Lipinski definition) is 1. The third-order valence-corrected chi connectivity index (χ3v) is 3.20. The Labute approximate surface area is 109 Å². The van der Waals surface area contributed by atoms with E-state index in [0.29, 0.717) is 12.5 Å². The van der Waals surface area contributed by atoms with Crippen molar-refractivity contribution in [2.24, 2.45) is 0 Å². The first-order valence-corrected chi connectivity index (χ1v) is 6.04. The van der Waals surface area contributed by atoms with E-state index in [1.165, 1.54) is 13.0 Å². The van der Waals surface area contributed by atoms with E-state index in [-0.39, 0.29) is 17.5 Å². The predicted molar refractivity (Wildman–Crippen MR) is 65.5 cm³/mol. The summed E-state index contributed by atoms with van der Waals surface area (Å²) < 4.78 is 26.7. The SMILES string of the molecule is CCC1NC(=O)C(C)N(c2ccc(F)cc2F)C1=O. The van der Waals surface area contributed by atoms with Gasteiger partial charge in [-0.3, -0.25) is 14.5 Å². The van der Waals surface area contributed by atoms with Crippen LogP contribution < -0.4 is 10.2 Å². The number of carbonyl (C=O) groups is 2. The van der Waals surface area contributed by atoms with Crippen LogP contribution in [-0.2, 0) is 9.59 Å². The molecule has 4 nitrogen and oxygen atoms in total. The molecule has 0 saturated carbocycles. The van der Waals surface area contributed by atoms with Crippen molar-refractivity contribution < 1.29 is 18.4 Å². The Balaban J connectivity index is 2.45. The van der Waals surface area contributed by atoms with Gasteiger partial charge in [-0.1, -0.05) is 6.92 Å². The summed E-state index contributed by atoms with van der Waals surface area (Å²) in [7, 11) is 0. The molecule has 1 N–H and O–H groups in total. The number of rotatable bonds is 2. The molecule has 0 spiro atoms. The van der Waals surface area contributed by atoms with Gasteiger partial charge >= 0.3 is 0 Å². The van der Waals surface area contributed by atoms with E-state index >= 15 is 0 Å². The highest BCUT2D eigenvalue weighted by Crippen LogP contribution is 2.25. The molecule has 2 amide bonds. The summed E-state index contributed by atoms with van der Waals surface area (Å²) in [5.74, 6) is -2.32. The van der Waals surface area contributed by atoms with Gasteiger partial charge in [-0.25, -0.2) is 8.78 Å². The van der Waals surface area contributed by atoms with Crippen LogP contribution in [0.25, 0.3) is 0 Å². The van der Waals surface area contributed by atoms with Crippen molar-refractivity contribution in [1.82, 2.24) is 5.32 Å². The van der Waals surface area contributed by atoms with Crippen molar-refractivity contribution in [3.8, 4) is 0 Å². The highest BCUT2D eigenvalue weighted by molar-refractivity contribution is 6.08. The van der Waals surface area contributed by atoms with E-state index < -0.39 is 23.7 Å². The average molecular weight is 268 g/mol. The summed E-state index contributed by atoms with van der Waals surface area (Å²) in [6, 6.07) is 1.43. The summed E-state index contributed by atoms with van der Waals surface area (Å²) in [5, 5.41) is 2.57. The van der Waals surface area contributed by atoms with Gasteiger partial charge in [0.25, 0.3) is 0 Å². The van der Waals surface area contributed by atoms with Gasteiger partial charge in [0.05, 0.1) is 5.69 Å². The fraction of sp³-hybridized carbons (Fsp3) is 0.385. The second-order valence-corrected chi connectivity index (χ2v) is 4.45. The Hall–Kier alpha value is -1.98. The summed E-state index contributed by atoms with van der Waals surface area (Å²) in [5.41, 5.74) is -0.0767. The normalized spacial score (nSPS) is 23.5. The Kier molecular flexibility index (Phi) is 3.50. The maximum atomic E-state index is 13.8. The van der Waals surface area contributed by atoms with E-state index in [0.717, 1.165) is 11.0 Å². The lowest BCUT2D eigenvalue weighted by molar-refractivity contribution is -0.133. The molecule has 2 unspecified atom stereocenters. The van der Waals surface area contributed by atoms with Gasteiger partial charge in [-0.15, -0.1) is 0 Å². The number of piperazine rings is 1. The third kappa shape index (κ3) is 2.30.